The lowest BCUT2D eigenvalue weighted by molar-refractivity contribution is 0.0959. The van der Waals surface area contributed by atoms with Gasteiger partial charge in [0.25, 0.3) is 5.91 Å². The second kappa shape index (κ2) is 7.66. The largest absolute Gasteiger partial charge is 0.397 e. The molecule has 2 aromatic heterocycles. The SMILES string of the molecule is Cc1ccc2c(N)c(C(=O)NCCc3ccc([C@H]4CCNC4)cc3)sc2n1. The van der Waals surface area contributed by atoms with Crippen LogP contribution in [0.15, 0.2) is 36.4 Å². The van der Waals surface area contributed by atoms with E-state index in [-0.39, 0.29) is 5.91 Å². The summed E-state index contributed by atoms with van der Waals surface area (Å²) in [6.07, 6.45) is 2.01. The second-order valence-corrected chi connectivity index (χ2v) is 8.09. The fraction of sp³-hybridized carbons (Fsp3) is 0.333. The van der Waals surface area contributed by atoms with Gasteiger partial charge < -0.3 is 16.4 Å². The van der Waals surface area contributed by atoms with Gasteiger partial charge in [-0.2, -0.15) is 0 Å². The summed E-state index contributed by atoms with van der Waals surface area (Å²) in [6.45, 7) is 4.70. The summed E-state index contributed by atoms with van der Waals surface area (Å²) < 4.78 is 0. The van der Waals surface area contributed by atoms with Gasteiger partial charge in [-0.25, -0.2) is 4.98 Å². The predicted molar refractivity (Wildman–Crippen MR) is 111 cm³/mol. The number of nitrogen functional groups attached to an aromatic ring is 1. The normalized spacial score (nSPS) is 16.7. The first-order valence-electron chi connectivity index (χ1n) is 9.35. The number of aromatic nitrogens is 1. The van der Waals surface area contributed by atoms with Crippen molar-refractivity contribution in [3.8, 4) is 0 Å². The van der Waals surface area contributed by atoms with E-state index in [0.29, 0.717) is 23.0 Å². The minimum absolute atomic E-state index is 0.123. The fourth-order valence-electron chi connectivity index (χ4n) is 3.55. The van der Waals surface area contributed by atoms with Crippen LogP contribution in [0.25, 0.3) is 10.2 Å². The van der Waals surface area contributed by atoms with Crippen molar-refractivity contribution in [2.45, 2.75) is 25.7 Å². The zero-order valence-corrected chi connectivity index (χ0v) is 16.2. The molecule has 0 bridgehead atoms. The quantitative estimate of drug-likeness (QED) is 0.635. The van der Waals surface area contributed by atoms with Crippen LogP contribution < -0.4 is 16.4 Å². The number of hydrogen-bond acceptors (Lipinski definition) is 5. The minimum Gasteiger partial charge on any atom is -0.397 e. The van der Waals surface area contributed by atoms with Crippen LogP contribution in [-0.4, -0.2) is 30.5 Å². The van der Waals surface area contributed by atoms with Crippen molar-refractivity contribution < 1.29 is 4.79 Å². The van der Waals surface area contributed by atoms with Gasteiger partial charge in [0.1, 0.15) is 9.71 Å². The summed E-state index contributed by atoms with van der Waals surface area (Å²) in [4.78, 5) is 18.3. The number of pyridine rings is 1. The summed E-state index contributed by atoms with van der Waals surface area (Å²) in [7, 11) is 0. The van der Waals surface area contributed by atoms with E-state index in [9.17, 15) is 4.79 Å². The van der Waals surface area contributed by atoms with Crippen LogP contribution in [0.1, 0.15) is 38.8 Å². The summed E-state index contributed by atoms with van der Waals surface area (Å²) in [5.74, 6) is 0.508. The monoisotopic (exact) mass is 380 g/mol. The molecule has 6 heteroatoms. The molecule has 1 fully saturated rings. The molecule has 1 saturated heterocycles. The van der Waals surface area contributed by atoms with Crippen LogP contribution in [0, 0.1) is 6.92 Å². The zero-order valence-electron chi connectivity index (χ0n) is 15.4. The maximum atomic E-state index is 12.5. The van der Waals surface area contributed by atoms with E-state index in [1.807, 2.05) is 19.1 Å². The fourth-order valence-corrected chi connectivity index (χ4v) is 4.61. The maximum absolute atomic E-state index is 12.5. The van der Waals surface area contributed by atoms with Crippen molar-refractivity contribution >= 4 is 33.1 Å². The van der Waals surface area contributed by atoms with Crippen molar-refractivity contribution in [3.05, 3.63) is 58.1 Å². The first kappa shape index (κ1) is 17.9. The third kappa shape index (κ3) is 3.82. The summed E-state index contributed by atoms with van der Waals surface area (Å²) in [5, 5.41) is 7.25. The Bertz CT molecular complexity index is 958. The minimum atomic E-state index is -0.123. The first-order chi connectivity index (χ1) is 13.1. The molecule has 0 aliphatic carbocycles. The van der Waals surface area contributed by atoms with Gasteiger partial charge in [0.2, 0.25) is 0 Å². The first-order valence-corrected chi connectivity index (χ1v) is 10.2. The molecule has 0 spiro atoms. The van der Waals surface area contributed by atoms with E-state index in [0.717, 1.165) is 35.4 Å². The van der Waals surface area contributed by atoms with Gasteiger partial charge in [-0.15, -0.1) is 11.3 Å². The van der Waals surface area contributed by atoms with Gasteiger partial charge in [0.05, 0.1) is 5.69 Å². The highest BCUT2D eigenvalue weighted by molar-refractivity contribution is 7.21. The van der Waals surface area contributed by atoms with Gasteiger partial charge in [-0.1, -0.05) is 24.3 Å². The molecule has 4 rings (SSSR count). The number of amides is 1. The average Bonchev–Trinajstić information content (AvgIpc) is 3.31. The Balaban J connectivity index is 1.36. The summed E-state index contributed by atoms with van der Waals surface area (Å²) in [6, 6.07) is 12.6. The molecule has 1 aliphatic rings. The molecule has 0 radical (unpaired) electrons. The number of nitrogens with two attached hydrogens (primary N) is 1. The highest BCUT2D eigenvalue weighted by atomic mass is 32.1. The van der Waals surface area contributed by atoms with E-state index in [1.165, 1.54) is 28.9 Å². The summed E-state index contributed by atoms with van der Waals surface area (Å²) in [5.41, 5.74) is 10.2. The molecule has 1 amide bonds. The van der Waals surface area contributed by atoms with Gasteiger partial charge in [0, 0.05) is 24.2 Å². The number of nitrogens with zero attached hydrogens (tertiary/aromatic N) is 1. The lowest BCUT2D eigenvalue weighted by Gasteiger charge is -2.10. The Morgan fingerprint density at radius 2 is 2.11 bits per heavy atom. The molecule has 4 N–H and O–H groups in total. The van der Waals surface area contributed by atoms with E-state index in [1.54, 1.807) is 0 Å². The van der Waals surface area contributed by atoms with E-state index in [2.05, 4.69) is 39.9 Å². The number of fused-ring (bicyclic) bond motifs is 1. The standard InChI is InChI=1S/C21H24N4OS/c1-13-2-7-17-18(22)19(27-21(17)25-13)20(26)24-11-8-14-3-5-15(6-4-14)16-9-10-23-12-16/h2-7,16,23H,8-12,22H2,1H3,(H,24,26)/t16-/m0/s1. The number of nitrogens with one attached hydrogen (secondary N) is 2. The van der Waals surface area contributed by atoms with E-state index in [4.69, 9.17) is 5.73 Å². The zero-order chi connectivity index (χ0) is 18.8. The molecule has 27 heavy (non-hydrogen) atoms. The number of rotatable bonds is 5. The van der Waals surface area contributed by atoms with Crippen molar-refractivity contribution in [2.24, 2.45) is 0 Å². The van der Waals surface area contributed by atoms with Crippen molar-refractivity contribution in [1.82, 2.24) is 15.6 Å². The topological polar surface area (TPSA) is 80.0 Å². The smallest absolute Gasteiger partial charge is 0.263 e. The van der Waals surface area contributed by atoms with Crippen LogP contribution in [0.4, 0.5) is 5.69 Å². The number of benzene rings is 1. The Kier molecular flexibility index (Phi) is 5.09. The second-order valence-electron chi connectivity index (χ2n) is 7.09. The molecule has 1 aromatic carbocycles. The van der Waals surface area contributed by atoms with Crippen LogP contribution in [0.2, 0.25) is 0 Å². The molecule has 1 atom stereocenters. The van der Waals surface area contributed by atoms with Crippen LogP contribution in [-0.2, 0) is 6.42 Å². The highest BCUT2D eigenvalue weighted by Crippen LogP contribution is 2.32. The molecular weight excluding hydrogens is 356 g/mol. The molecule has 3 aromatic rings. The highest BCUT2D eigenvalue weighted by Gasteiger charge is 2.17. The molecule has 5 nitrogen and oxygen atoms in total. The number of anilines is 1. The molecule has 0 saturated carbocycles. The third-order valence-corrected chi connectivity index (χ3v) is 6.26. The Labute approximate surface area is 163 Å². The van der Waals surface area contributed by atoms with Crippen LogP contribution >= 0.6 is 11.3 Å². The lowest BCUT2D eigenvalue weighted by Crippen LogP contribution is -2.25. The van der Waals surface area contributed by atoms with Gasteiger partial charge in [0.15, 0.2) is 0 Å². The third-order valence-electron chi connectivity index (χ3n) is 5.15. The number of carbonyl (C=O) groups excluding carboxylic acids is 1. The number of hydrogen-bond donors (Lipinski definition) is 3. The Hall–Kier alpha value is -2.44. The van der Waals surface area contributed by atoms with E-state index < -0.39 is 0 Å². The molecule has 3 heterocycles. The molecular formula is C21H24N4OS. The van der Waals surface area contributed by atoms with Crippen LogP contribution in [0.5, 0.6) is 0 Å². The van der Waals surface area contributed by atoms with Crippen molar-refractivity contribution in [2.75, 3.05) is 25.4 Å². The number of thiophene rings is 1. The molecule has 140 valence electrons. The number of aryl methyl sites for hydroxylation is 1. The average molecular weight is 381 g/mol. The molecule has 1 aliphatic heterocycles. The Morgan fingerprint density at radius 1 is 1.30 bits per heavy atom. The van der Waals surface area contributed by atoms with Gasteiger partial charge >= 0.3 is 0 Å². The molecule has 0 unspecified atom stereocenters. The van der Waals surface area contributed by atoms with Crippen LogP contribution in [0.3, 0.4) is 0 Å². The maximum Gasteiger partial charge on any atom is 0.263 e. The van der Waals surface area contributed by atoms with E-state index >= 15 is 0 Å². The lowest BCUT2D eigenvalue weighted by atomic mass is 9.97. The Morgan fingerprint density at radius 3 is 2.85 bits per heavy atom. The van der Waals surface area contributed by atoms with Gasteiger partial charge in [-0.05, 0) is 55.5 Å². The number of carbonyl (C=O) groups is 1. The summed E-state index contributed by atoms with van der Waals surface area (Å²) >= 11 is 1.35. The van der Waals surface area contributed by atoms with Gasteiger partial charge in [-0.3, -0.25) is 4.79 Å². The predicted octanol–water partition coefficient (Wildman–Crippen LogP) is 3.24. The van der Waals surface area contributed by atoms with Crippen molar-refractivity contribution in [3.63, 3.8) is 0 Å². The van der Waals surface area contributed by atoms with Crippen molar-refractivity contribution in [1.29, 1.82) is 0 Å².